The van der Waals surface area contributed by atoms with Gasteiger partial charge >= 0.3 is 11.9 Å². The van der Waals surface area contributed by atoms with Gasteiger partial charge in [-0.3, -0.25) is 10.1 Å². The number of benzene rings is 2. The first kappa shape index (κ1) is 21.6. The highest BCUT2D eigenvalue weighted by molar-refractivity contribution is 6.12. The van der Waals surface area contributed by atoms with E-state index in [1.807, 2.05) is 0 Å². The molecule has 0 aliphatic rings. The Balaban J connectivity index is 2.36. The molecule has 1 aromatic heterocycles. The summed E-state index contributed by atoms with van der Waals surface area (Å²) in [6, 6.07) is 12.6. The number of rotatable bonds is 6. The monoisotopic (exact) mass is 424 g/mol. The Bertz CT molecular complexity index is 1150. The van der Waals surface area contributed by atoms with E-state index < -0.39 is 16.9 Å². The van der Waals surface area contributed by atoms with Crippen molar-refractivity contribution in [2.24, 2.45) is 7.05 Å². The predicted molar refractivity (Wildman–Crippen MR) is 112 cm³/mol. The average Bonchev–Trinajstić information content (AvgIpc) is 3.10. The molecule has 0 saturated heterocycles. The number of non-ortho nitro benzene ring substituents is 1. The number of aromatic nitrogens is 1. The normalized spacial score (nSPS) is 10.5. The maximum absolute atomic E-state index is 12.8. The molecule has 160 valence electrons. The van der Waals surface area contributed by atoms with Crippen LogP contribution in [0.15, 0.2) is 48.5 Å². The number of carbonyl (C=O) groups excluding carboxylic acids is 2. The van der Waals surface area contributed by atoms with Gasteiger partial charge < -0.3 is 18.8 Å². The van der Waals surface area contributed by atoms with Crippen LogP contribution in [0.2, 0.25) is 0 Å². The second kappa shape index (κ2) is 8.70. The van der Waals surface area contributed by atoms with Crippen LogP contribution < -0.4 is 4.74 Å². The number of hydrogen-bond acceptors (Lipinski definition) is 7. The molecule has 0 radical (unpaired) electrons. The highest BCUT2D eigenvalue weighted by Gasteiger charge is 2.32. The third-order valence-electron chi connectivity index (χ3n) is 4.89. The van der Waals surface area contributed by atoms with Gasteiger partial charge in [-0.2, -0.15) is 0 Å². The van der Waals surface area contributed by atoms with Gasteiger partial charge in [-0.25, -0.2) is 9.59 Å². The second-order valence-electron chi connectivity index (χ2n) is 6.52. The molecule has 9 heteroatoms. The minimum atomic E-state index is -0.732. The Morgan fingerprint density at radius 3 is 1.58 bits per heavy atom. The van der Waals surface area contributed by atoms with Crippen LogP contribution in [-0.2, 0) is 16.5 Å². The number of methoxy groups -OCH3 is 3. The van der Waals surface area contributed by atoms with E-state index in [1.165, 1.54) is 38.5 Å². The number of carbonyl (C=O) groups is 2. The summed E-state index contributed by atoms with van der Waals surface area (Å²) in [5.74, 6) is -0.819. The van der Waals surface area contributed by atoms with Crippen molar-refractivity contribution in [3.8, 4) is 28.3 Å². The van der Waals surface area contributed by atoms with Crippen LogP contribution >= 0.6 is 0 Å². The zero-order valence-corrected chi connectivity index (χ0v) is 17.4. The van der Waals surface area contributed by atoms with E-state index >= 15 is 0 Å². The highest BCUT2D eigenvalue weighted by atomic mass is 16.6. The van der Waals surface area contributed by atoms with Crippen LogP contribution in [0.4, 0.5) is 5.69 Å². The van der Waals surface area contributed by atoms with E-state index in [9.17, 15) is 19.7 Å². The number of esters is 2. The Kier molecular flexibility index (Phi) is 6.05. The van der Waals surface area contributed by atoms with Gasteiger partial charge in [0.05, 0.1) is 37.6 Å². The van der Waals surface area contributed by atoms with Crippen molar-refractivity contribution >= 4 is 17.6 Å². The van der Waals surface area contributed by atoms with E-state index in [0.29, 0.717) is 28.3 Å². The lowest BCUT2D eigenvalue weighted by Crippen LogP contribution is -2.11. The van der Waals surface area contributed by atoms with Gasteiger partial charge in [0.15, 0.2) is 0 Å². The topological polar surface area (TPSA) is 110 Å². The zero-order chi connectivity index (χ0) is 22.7. The third kappa shape index (κ3) is 3.85. The molecular weight excluding hydrogens is 404 g/mol. The summed E-state index contributed by atoms with van der Waals surface area (Å²) in [7, 11) is 5.66. The number of nitro benzene ring substituents is 1. The first-order chi connectivity index (χ1) is 14.8. The largest absolute Gasteiger partial charge is 0.497 e. The molecule has 2 aromatic carbocycles. The van der Waals surface area contributed by atoms with E-state index in [2.05, 4.69) is 0 Å². The minimum Gasteiger partial charge on any atom is -0.497 e. The fourth-order valence-corrected chi connectivity index (χ4v) is 3.45. The van der Waals surface area contributed by atoms with Crippen LogP contribution in [0.1, 0.15) is 20.7 Å². The smallest absolute Gasteiger partial charge is 0.340 e. The van der Waals surface area contributed by atoms with Gasteiger partial charge in [-0.05, 0) is 47.5 Å². The van der Waals surface area contributed by atoms with Crippen molar-refractivity contribution in [3.05, 3.63) is 69.8 Å². The van der Waals surface area contributed by atoms with Crippen molar-refractivity contribution in [3.63, 3.8) is 0 Å². The maximum Gasteiger partial charge on any atom is 0.340 e. The molecule has 3 rings (SSSR count). The van der Waals surface area contributed by atoms with Gasteiger partial charge in [-0.15, -0.1) is 0 Å². The Morgan fingerprint density at radius 2 is 1.23 bits per heavy atom. The first-order valence-corrected chi connectivity index (χ1v) is 9.12. The molecule has 1 heterocycles. The van der Waals surface area contributed by atoms with Crippen LogP contribution in [0.3, 0.4) is 0 Å². The fourth-order valence-electron chi connectivity index (χ4n) is 3.45. The molecule has 0 aliphatic carbocycles. The number of nitrogens with zero attached hydrogens (tertiary/aromatic N) is 2. The Hall–Kier alpha value is -4.14. The molecule has 0 fully saturated rings. The zero-order valence-electron chi connectivity index (χ0n) is 17.4. The van der Waals surface area contributed by atoms with Crippen molar-refractivity contribution in [1.29, 1.82) is 0 Å². The maximum atomic E-state index is 12.8. The number of ether oxygens (including phenoxy) is 3. The molecule has 0 amide bonds. The minimum absolute atomic E-state index is 0.0107. The molecule has 0 saturated carbocycles. The van der Waals surface area contributed by atoms with Crippen molar-refractivity contribution in [2.45, 2.75) is 0 Å². The van der Waals surface area contributed by atoms with Crippen molar-refractivity contribution in [1.82, 2.24) is 4.57 Å². The van der Waals surface area contributed by atoms with Gasteiger partial charge in [0.2, 0.25) is 0 Å². The third-order valence-corrected chi connectivity index (χ3v) is 4.89. The summed E-state index contributed by atoms with van der Waals surface area (Å²) in [5.41, 5.74) is 1.89. The van der Waals surface area contributed by atoms with E-state index in [0.717, 1.165) is 0 Å². The average molecular weight is 424 g/mol. The molecular formula is C22H20N2O7. The van der Waals surface area contributed by atoms with Crippen LogP contribution in [-0.4, -0.2) is 42.8 Å². The lowest BCUT2D eigenvalue weighted by molar-refractivity contribution is -0.384. The fraction of sp³-hybridized carbons (Fsp3) is 0.182. The van der Waals surface area contributed by atoms with Crippen LogP contribution in [0.5, 0.6) is 5.75 Å². The van der Waals surface area contributed by atoms with Gasteiger partial charge in [-0.1, -0.05) is 0 Å². The van der Waals surface area contributed by atoms with E-state index in [4.69, 9.17) is 14.2 Å². The molecule has 0 unspecified atom stereocenters. The first-order valence-electron chi connectivity index (χ1n) is 9.12. The molecule has 0 N–H and O–H groups in total. The molecule has 0 aliphatic heterocycles. The SMILES string of the molecule is COC(=O)c1c(C(=O)OC)c(-c2ccc([N+](=O)[O-])cc2)n(C)c1-c1ccc(OC)cc1. The van der Waals surface area contributed by atoms with E-state index in [-0.39, 0.29) is 16.8 Å². The number of hydrogen-bond donors (Lipinski definition) is 0. The highest BCUT2D eigenvalue weighted by Crippen LogP contribution is 2.38. The molecule has 0 bridgehead atoms. The quantitative estimate of drug-likeness (QED) is 0.336. The second-order valence-corrected chi connectivity index (χ2v) is 6.52. The van der Waals surface area contributed by atoms with Gasteiger partial charge in [0.25, 0.3) is 5.69 Å². The standard InChI is InChI=1S/C22H20N2O7/c1-23-19(13-5-9-15(10-6-13)24(27)28)17(21(25)30-3)18(22(26)31-4)20(23)14-7-11-16(29-2)12-8-14/h5-12H,1-4H3. The van der Waals surface area contributed by atoms with Crippen molar-refractivity contribution < 1.29 is 28.7 Å². The van der Waals surface area contributed by atoms with Crippen molar-refractivity contribution in [2.75, 3.05) is 21.3 Å². The molecule has 9 nitrogen and oxygen atoms in total. The molecule has 31 heavy (non-hydrogen) atoms. The lowest BCUT2D eigenvalue weighted by atomic mass is 10.0. The molecule has 0 atom stereocenters. The van der Waals surface area contributed by atoms with Gasteiger partial charge in [0, 0.05) is 19.2 Å². The summed E-state index contributed by atoms with van der Waals surface area (Å²) < 4.78 is 16.8. The summed E-state index contributed by atoms with van der Waals surface area (Å²) in [6.45, 7) is 0. The summed E-state index contributed by atoms with van der Waals surface area (Å²) in [6.07, 6.45) is 0. The van der Waals surface area contributed by atoms with Crippen LogP contribution in [0, 0.1) is 10.1 Å². The Morgan fingerprint density at radius 1 is 0.806 bits per heavy atom. The van der Waals surface area contributed by atoms with Gasteiger partial charge in [0.1, 0.15) is 16.9 Å². The number of nitro groups is 1. The van der Waals surface area contributed by atoms with E-state index in [1.54, 1.807) is 43.0 Å². The Labute approximate surface area is 177 Å². The predicted octanol–water partition coefficient (Wildman–Crippen LogP) is 3.85. The summed E-state index contributed by atoms with van der Waals surface area (Å²) >= 11 is 0. The summed E-state index contributed by atoms with van der Waals surface area (Å²) in [5, 5.41) is 11.0. The lowest BCUT2D eigenvalue weighted by Gasteiger charge is -2.10. The molecule has 3 aromatic rings. The van der Waals surface area contributed by atoms with Crippen LogP contribution in [0.25, 0.3) is 22.5 Å². The molecule has 0 spiro atoms. The summed E-state index contributed by atoms with van der Waals surface area (Å²) in [4.78, 5) is 36.0.